The fourth-order valence-electron chi connectivity index (χ4n) is 1.51. The third kappa shape index (κ3) is 3.61. The molecule has 1 amide bonds. The van der Waals surface area contributed by atoms with Gasteiger partial charge in [-0.15, -0.1) is 5.10 Å². The van der Waals surface area contributed by atoms with Crippen LogP contribution in [0.1, 0.15) is 23.5 Å². The standard InChI is InChI=1S/C13H14BrN3OS/c1-8(2)7-15-13(18)12-11(16-17-19-12)9-3-5-10(14)6-4-9/h3-6,8H,7H2,1-2H3,(H,15,18). The first kappa shape index (κ1) is 14.1. The Morgan fingerprint density at radius 2 is 2.05 bits per heavy atom. The Labute approximate surface area is 124 Å². The van der Waals surface area contributed by atoms with Gasteiger partial charge in [-0.1, -0.05) is 46.4 Å². The fourth-order valence-corrected chi connectivity index (χ4v) is 2.38. The van der Waals surface area contributed by atoms with Crippen molar-refractivity contribution in [2.45, 2.75) is 13.8 Å². The molecule has 4 nitrogen and oxygen atoms in total. The molecule has 0 aliphatic carbocycles. The smallest absolute Gasteiger partial charge is 0.265 e. The lowest BCUT2D eigenvalue weighted by Crippen LogP contribution is -2.27. The minimum Gasteiger partial charge on any atom is -0.351 e. The summed E-state index contributed by atoms with van der Waals surface area (Å²) in [6.45, 7) is 4.76. The van der Waals surface area contributed by atoms with Crippen molar-refractivity contribution in [3.05, 3.63) is 33.6 Å². The van der Waals surface area contributed by atoms with Crippen molar-refractivity contribution >= 4 is 33.4 Å². The molecule has 0 aliphatic rings. The summed E-state index contributed by atoms with van der Waals surface area (Å²) in [5.74, 6) is 0.308. The molecule has 0 saturated carbocycles. The van der Waals surface area contributed by atoms with Gasteiger partial charge >= 0.3 is 0 Å². The first-order chi connectivity index (χ1) is 9.08. The average Bonchev–Trinajstić information content (AvgIpc) is 2.86. The molecule has 1 aromatic carbocycles. The number of nitrogens with one attached hydrogen (secondary N) is 1. The first-order valence-electron chi connectivity index (χ1n) is 5.94. The van der Waals surface area contributed by atoms with Crippen molar-refractivity contribution in [1.29, 1.82) is 0 Å². The van der Waals surface area contributed by atoms with Crippen LogP contribution in [0.4, 0.5) is 0 Å². The van der Waals surface area contributed by atoms with E-state index in [0.29, 0.717) is 23.0 Å². The number of amides is 1. The van der Waals surface area contributed by atoms with Gasteiger partial charge in [0.1, 0.15) is 10.6 Å². The normalized spacial score (nSPS) is 10.7. The molecule has 1 heterocycles. The van der Waals surface area contributed by atoms with E-state index in [4.69, 9.17) is 0 Å². The number of nitrogens with zero attached hydrogens (tertiary/aromatic N) is 2. The van der Waals surface area contributed by atoms with E-state index in [1.165, 1.54) is 0 Å². The van der Waals surface area contributed by atoms with Gasteiger partial charge in [0.15, 0.2) is 0 Å². The average molecular weight is 340 g/mol. The fraction of sp³-hybridized carbons (Fsp3) is 0.308. The topological polar surface area (TPSA) is 54.9 Å². The number of halogens is 1. The highest BCUT2D eigenvalue weighted by atomic mass is 79.9. The lowest BCUT2D eigenvalue weighted by Gasteiger charge is -2.06. The van der Waals surface area contributed by atoms with Crippen molar-refractivity contribution in [2.24, 2.45) is 5.92 Å². The summed E-state index contributed by atoms with van der Waals surface area (Å²) < 4.78 is 4.88. The van der Waals surface area contributed by atoms with Crippen LogP contribution in [-0.2, 0) is 0 Å². The van der Waals surface area contributed by atoms with Gasteiger partial charge in [0.25, 0.3) is 5.91 Å². The van der Waals surface area contributed by atoms with Gasteiger partial charge < -0.3 is 5.32 Å². The molecule has 0 radical (unpaired) electrons. The number of rotatable bonds is 4. The monoisotopic (exact) mass is 339 g/mol. The Morgan fingerprint density at radius 1 is 1.37 bits per heavy atom. The largest absolute Gasteiger partial charge is 0.351 e. The lowest BCUT2D eigenvalue weighted by atomic mass is 10.1. The summed E-state index contributed by atoms with van der Waals surface area (Å²) in [7, 11) is 0. The zero-order chi connectivity index (χ0) is 13.8. The van der Waals surface area contributed by atoms with Crippen molar-refractivity contribution < 1.29 is 4.79 Å². The van der Waals surface area contributed by atoms with E-state index >= 15 is 0 Å². The van der Waals surface area contributed by atoms with Crippen LogP contribution in [-0.4, -0.2) is 22.0 Å². The van der Waals surface area contributed by atoms with E-state index in [2.05, 4.69) is 44.7 Å². The van der Waals surface area contributed by atoms with Crippen LogP contribution in [0.5, 0.6) is 0 Å². The summed E-state index contributed by atoms with van der Waals surface area (Å²) in [4.78, 5) is 12.6. The maximum absolute atomic E-state index is 12.1. The van der Waals surface area contributed by atoms with Gasteiger partial charge in [0.2, 0.25) is 0 Å². The van der Waals surface area contributed by atoms with E-state index in [9.17, 15) is 4.79 Å². The van der Waals surface area contributed by atoms with Crippen LogP contribution in [0, 0.1) is 5.92 Å². The van der Waals surface area contributed by atoms with Crippen LogP contribution in [0.3, 0.4) is 0 Å². The molecule has 2 aromatic rings. The number of hydrogen-bond acceptors (Lipinski definition) is 4. The van der Waals surface area contributed by atoms with Gasteiger partial charge in [-0.25, -0.2) is 0 Å². The third-order valence-electron chi connectivity index (χ3n) is 2.48. The van der Waals surface area contributed by atoms with Crippen LogP contribution in [0.15, 0.2) is 28.7 Å². The number of carbonyl (C=O) groups excluding carboxylic acids is 1. The van der Waals surface area contributed by atoms with Gasteiger partial charge in [-0.2, -0.15) is 0 Å². The van der Waals surface area contributed by atoms with E-state index in [1.54, 1.807) is 0 Å². The number of aromatic nitrogens is 2. The minimum atomic E-state index is -0.110. The summed E-state index contributed by atoms with van der Waals surface area (Å²) in [6, 6.07) is 7.68. The highest BCUT2D eigenvalue weighted by Crippen LogP contribution is 2.25. The van der Waals surface area contributed by atoms with Crippen LogP contribution in [0.2, 0.25) is 0 Å². The second-order valence-electron chi connectivity index (χ2n) is 4.56. The summed E-state index contributed by atoms with van der Waals surface area (Å²) in [6.07, 6.45) is 0. The molecule has 0 atom stereocenters. The molecule has 0 fully saturated rings. The summed E-state index contributed by atoms with van der Waals surface area (Å²) in [5.41, 5.74) is 1.53. The zero-order valence-electron chi connectivity index (χ0n) is 10.7. The molecule has 0 unspecified atom stereocenters. The second kappa shape index (κ2) is 6.25. The van der Waals surface area contributed by atoms with Crippen LogP contribution in [0.25, 0.3) is 11.3 Å². The Kier molecular flexibility index (Phi) is 4.66. The van der Waals surface area contributed by atoms with E-state index in [0.717, 1.165) is 21.6 Å². The maximum Gasteiger partial charge on any atom is 0.265 e. The minimum absolute atomic E-state index is 0.110. The van der Waals surface area contributed by atoms with Crippen molar-refractivity contribution in [2.75, 3.05) is 6.54 Å². The van der Waals surface area contributed by atoms with Crippen molar-refractivity contribution in [3.63, 3.8) is 0 Å². The first-order valence-corrected chi connectivity index (χ1v) is 7.51. The maximum atomic E-state index is 12.1. The Bertz CT molecular complexity index is 566. The zero-order valence-corrected chi connectivity index (χ0v) is 13.1. The van der Waals surface area contributed by atoms with Crippen LogP contribution < -0.4 is 5.32 Å². The Hall–Kier alpha value is -1.27. The molecule has 0 aliphatic heterocycles. The molecule has 19 heavy (non-hydrogen) atoms. The van der Waals surface area contributed by atoms with Gasteiger partial charge in [-0.05, 0) is 29.6 Å². The SMILES string of the molecule is CC(C)CNC(=O)c1snnc1-c1ccc(Br)cc1. The molecule has 100 valence electrons. The third-order valence-corrected chi connectivity index (χ3v) is 3.74. The number of benzene rings is 1. The van der Waals surface area contributed by atoms with Crippen molar-refractivity contribution in [1.82, 2.24) is 14.9 Å². The second-order valence-corrected chi connectivity index (χ2v) is 6.23. The van der Waals surface area contributed by atoms with E-state index in [1.807, 2.05) is 24.3 Å². The Morgan fingerprint density at radius 3 is 2.68 bits per heavy atom. The van der Waals surface area contributed by atoms with E-state index < -0.39 is 0 Å². The summed E-state index contributed by atoms with van der Waals surface area (Å²) >= 11 is 4.51. The predicted molar refractivity (Wildman–Crippen MR) is 80.2 cm³/mol. The van der Waals surface area contributed by atoms with Gasteiger partial charge in [0, 0.05) is 16.6 Å². The molecule has 0 saturated heterocycles. The highest BCUT2D eigenvalue weighted by Gasteiger charge is 2.17. The van der Waals surface area contributed by atoms with Gasteiger partial charge in [-0.3, -0.25) is 4.79 Å². The number of hydrogen-bond donors (Lipinski definition) is 1. The Balaban J connectivity index is 2.22. The van der Waals surface area contributed by atoms with Crippen molar-refractivity contribution in [3.8, 4) is 11.3 Å². The molecular weight excluding hydrogens is 326 g/mol. The predicted octanol–water partition coefficient (Wildman–Crippen LogP) is 3.35. The molecule has 0 spiro atoms. The van der Waals surface area contributed by atoms with E-state index in [-0.39, 0.29) is 5.91 Å². The summed E-state index contributed by atoms with van der Waals surface area (Å²) in [5, 5.41) is 6.94. The van der Waals surface area contributed by atoms with Crippen LogP contribution >= 0.6 is 27.5 Å². The quantitative estimate of drug-likeness (QED) is 0.929. The lowest BCUT2D eigenvalue weighted by molar-refractivity contribution is 0.0953. The molecular formula is C13H14BrN3OS. The van der Waals surface area contributed by atoms with Gasteiger partial charge in [0.05, 0.1) is 0 Å². The molecule has 1 N–H and O–H groups in total. The molecule has 2 rings (SSSR count). The molecule has 6 heteroatoms. The molecule has 0 bridgehead atoms. The number of carbonyl (C=O) groups is 1. The highest BCUT2D eigenvalue weighted by molar-refractivity contribution is 9.10. The molecule has 1 aromatic heterocycles.